The van der Waals surface area contributed by atoms with Crippen molar-refractivity contribution in [1.29, 1.82) is 0 Å². The van der Waals surface area contributed by atoms with Gasteiger partial charge in [0.1, 0.15) is 0 Å². The van der Waals surface area contributed by atoms with E-state index in [-0.39, 0.29) is 5.56 Å². The second-order valence-corrected chi connectivity index (χ2v) is 4.09. The van der Waals surface area contributed by atoms with Crippen LogP contribution in [0.25, 0.3) is 5.69 Å². The van der Waals surface area contributed by atoms with Crippen molar-refractivity contribution in [2.75, 3.05) is 0 Å². The molecule has 0 aliphatic rings. The summed E-state index contributed by atoms with van der Waals surface area (Å²) in [5.74, 6) is -2.30. The maximum Gasteiger partial charge on any atom is 0.377 e. The number of hydrogen-bond donors (Lipinski definition) is 1. The summed E-state index contributed by atoms with van der Waals surface area (Å²) >= 11 is 0. The first-order chi connectivity index (χ1) is 8.52. The van der Waals surface area contributed by atoms with Gasteiger partial charge in [0, 0.05) is 17.1 Å². The smallest absolute Gasteiger partial charge is 0.377 e. The van der Waals surface area contributed by atoms with Crippen LogP contribution in [0.15, 0.2) is 36.4 Å². The number of aliphatic carboxylic acids is 1. The highest BCUT2D eigenvalue weighted by Gasteiger charge is 2.21. The molecule has 1 N–H and O–H groups in total. The van der Waals surface area contributed by atoms with E-state index in [2.05, 4.69) is 0 Å². The number of hydrogen-bond acceptors (Lipinski definition) is 2. The maximum atomic E-state index is 11.5. The zero-order chi connectivity index (χ0) is 13.3. The number of nitrogens with zero attached hydrogens (tertiary/aromatic N) is 1. The van der Waals surface area contributed by atoms with Gasteiger partial charge in [0.15, 0.2) is 0 Å². The van der Waals surface area contributed by atoms with E-state index in [1.54, 1.807) is 13.0 Å². The average Bonchev–Trinajstić information content (AvgIpc) is 2.65. The van der Waals surface area contributed by atoms with Crippen molar-refractivity contribution in [3.05, 3.63) is 53.3 Å². The number of para-hydroxylation sites is 1. The van der Waals surface area contributed by atoms with Gasteiger partial charge in [-0.2, -0.15) is 0 Å². The number of aryl methyl sites for hydroxylation is 1. The summed E-state index contributed by atoms with van der Waals surface area (Å²) in [5.41, 5.74) is 2.63. The zero-order valence-corrected chi connectivity index (χ0v) is 10.2. The summed E-state index contributed by atoms with van der Waals surface area (Å²) in [5, 5.41) is 8.77. The Bertz CT molecular complexity index is 611. The molecule has 1 aromatic carbocycles. The van der Waals surface area contributed by atoms with Crippen molar-refractivity contribution in [3.8, 4) is 5.69 Å². The fourth-order valence-corrected chi connectivity index (χ4v) is 2.08. The van der Waals surface area contributed by atoms with Crippen molar-refractivity contribution in [2.45, 2.75) is 13.8 Å². The number of carboxylic acid groups (broad SMARTS) is 1. The van der Waals surface area contributed by atoms with Crippen molar-refractivity contribution < 1.29 is 14.7 Å². The van der Waals surface area contributed by atoms with Crippen molar-refractivity contribution in [1.82, 2.24) is 4.57 Å². The lowest BCUT2D eigenvalue weighted by Crippen LogP contribution is -2.13. The Morgan fingerprint density at radius 3 is 2.28 bits per heavy atom. The van der Waals surface area contributed by atoms with E-state index in [0.29, 0.717) is 5.69 Å². The van der Waals surface area contributed by atoms with Gasteiger partial charge in [0.25, 0.3) is 5.78 Å². The van der Waals surface area contributed by atoms with Crippen LogP contribution in [-0.4, -0.2) is 21.4 Å². The Balaban J connectivity index is 2.58. The third kappa shape index (κ3) is 1.93. The Morgan fingerprint density at radius 1 is 1.11 bits per heavy atom. The minimum atomic E-state index is -1.43. The summed E-state index contributed by atoms with van der Waals surface area (Å²) in [6.45, 7) is 3.59. The molecule has 0 saturated heterocycles. The van der Waals surface area contributed by atoms with Crippen LogP contribution in [0.2, 0.25) is 0 Å². The quantitative estimate of drug-likeness (QED) is 0.665. The van der Waals surface area contributed by atoms with E-state index in [4.69, 9.17) is 5.11 Å². The van der Waals surface area contributed by atoms with Gasteiger partial charge in [-0.1, -0.05) is 18.2 Å². The van der Waals surface area contributed by atoms with Crippen LogP contribution in [0.3, 0.4) is 0 Å². The van der Waals surface area contributed by atoms with Crippen molar-refractivity contribution in [2.24, 2.45) is 0 Å². The lowest BCUT2D eigenvalue weighted by Gasteiger charge is -2.09. The fraction of sp³-hybridized carbons (Fsp3) is 0.143. The van der Waals surface area contributed by atoms with Crippen LogP contribution >= 0.6 is 0 Å². The molecule has 0 fully saturated rings. The lowest BCUT2D eigenvalue weighted by molar-refractivity contribution is -0.131. The zero-order valence-electron chi connectivity index (χ0n) is 10.2. The van der Waals surface area contributed by atoms with E-state index in [0.717, 1.165) is 11.4 Å². The molecule has 4 nitrogen and oxygen atoms in total. The number of rotatable bonds is 3. The van der Waals surface area contributed by atoms with Gasteiger partial charge in [-0.15, -0.1) is 0 Å². The van der Waals surface area contributed by atoms with Gasteiger partial charge in [0.2, 0.25) is 0 Å². The highest BCUT2D eigenvalue weighted by atomic mass is 16.4. The van der Waals surface area contributed by atoms with E-state index in [1.807, 2.05) is 41.8 Å². The average molecular weight is 243 g/mol. The van der Waals surface area contributed by atoms with Gasteiger partial charge in [0.05, 0.1) is 5.56 Å². The molecule has 0 atom stereocenters. The van der Waals surface area contributed by atoms with Crippen LogP contribution < -0.4 is 0 Å². The number of carbonyl (C=O) groups is 2. The highest BCUT2D eigenvalue weighted by Crippen LogP contribution is 2.21. The van der Waals surface area contributed by atoms with E-state index in [9.17, 15) is 9.59 Å². The molecule has 0 aliphatic heterocycles. The molecule has 1 aromatic heterocycles. The van der Waals surface area contributed by atoms with E-state index >= 15 is 0 Å². The molecule has 0 spiro atoms. The number of Topliss-reactive ketones (excluding diaryl/α,β-unsaturated/α-hetero) is 1. The predicted octanol–water partition coefficient (Wildman–Crippen LogP) is 2.36. The molecule has 18 heavy (non-hydrogen) atoms. The van der Waals surface area contributed by atoms with Gasteiger partial charge < -0.3 is 9.67 Å². The number of carboxylic acids is 1. The van der Waals surface area contributed by atoms with Gasteiger partial charge in [-0.05, 0) is 32.0 Å². The first kappa shape index (κ1) is 12.1. The molecule has 4 heteroatoms. The normalized spacial score (nSPS) is 10.3. The van der Waals surface area contributed by atoms with Crippen LogP contribution in [0, 0.1) is 13.8 Å². The first-order valence-corrected chi connectivity index (χ1v) is 5.54. The third-order valence-corrected chi connectivity index (χ3v) is 2.88. The molecule has 2 rings (SSSR count). The second-order valence-electron chi connectivity index (χ2n) is 4.09. The monoisotopic (exact) mass is 243 g/mol. The molecule has 0 bridgehead atoms. The summed E-state index contributed by atoms with van der Waals surface area (Å²) in [4.78, 5) is 22.3. The number of benzene rings is 1. The fourth-order valence-electron chi connectivity index (χ4n) is 2.08. The Morgan fingerprint density at radius 2 is 1.72 bits per heavy atom. The van der Waals surface area contributed by atoms with Gasteiger partial charge >= 0.3 is 5.97 Å². The molecule has 0 amide bonds. The third-order valence-electron chi connectivity index (χ3n) is 2.88. The standard InChI is InChI=1S/C14H13NO3/c1-9-8-12(13(16)14(17)18)10(2)15(9)11-6-4-3-5-7-11/h3-8H,1-2H3,(H,17,18). The summed E-state index contributed by atoms with van der Waals surface area (Å²) < 4.78 is 1.87. The van der Waals surface area contributed by atoms with E-state index in [1.165, 1.54) is 0 Å². The minimum absolute atomic E-state index is 0.240. The van der Waals surface area contributed by atoms with Crippen LogP contribution in [-0.2, 0) is 4.79 Å². The Hall–Kier alpha value is -2.36. The molecular weight excluding hydrogens is 230 g/mol. The molecule has 0 unspecified atom stereocenters. The lowest BCUT2D eigenvalue weighted by atomic mass is 10.1. The molecule has 0 saturated carbocycles. The molecule has 2 aromatic rings. The predicted molar refractivity (Wildman–Crippen MR) is 67.2 cm³/mol. The van der Waals surface area contributed by atoms with Crippen molar-refractivity contribution in [3.63, 3.8) is 0 Å². The summed E-state index contributed by atoms with van der Waals surface area (Å²) in [7, 11) is 0. The van der Waals surface area contributed by atoms with Crippen LogP contribution in [0.5, 0.6) is 0 Å². The second kappa shape index (κ2) is 4.49. The first-order valence-electron chi connectivity index (χ1n) is 5.54. The minimum Gasteiger partial charge on any atom is -0.475 e. The maximum absolute atomic E-state index is 11.5. The summed E-state index contributed by atoms with van der Waals surface area (Å²) in [6.07, 6.45) is 0. The van der Waals surface area contributed by atoms with E-state index < -0.39 is 11.8 Å². The van der Waals surface area contributed by atoms with Crippen LogP contribution in [0.4, 0.5) is 0 Å². The van der Waals surface area contributed by atoms with Gasteiger partial charge in [-0.3, -0.25) is 4.79 Å². The molecular formula is C14H13NO3. The van der Waals surface area contributed by atoms with Gasteiger partial charge in [-0.25, -0.2) is 4.79 Å². The van der Waals surface area contributed by atoms with Crippen molar-refractivity contribution >= 4 is 11.8 Å². The Kier molecular flexibility index (Phi) is 3.02. The molecule has 0 aliphatic carbocycles. The largest absolute Gasteiger partial charge is 0.475 e. The number of aromatic nitrogens is 1. The Labute approximate surface area is 104 Å². The van der Waals surface area contributed by atoms with Crippen LogP contribution in [0.1, 0.15) is 21.7 Å². The molecule has 92 valence electrons. The molecule has 1 heterocycles. The molecule has 0 radical (unpaired) electrons. The highest BCUT2D eigenvalue weighted by molar-refractivity contribution is 6.40. The number of carbonyl (C=O) groups excluding carboxylic acids is 1. The SMILES string of the molecule is Cc1cc(C(=O)C(=O)O)c(C)n1-c1ccccc1. The summed E-state index contributed by atoms with van der Waals surface area (Å²) in [6, 6.07) is 11.1. The topological polar surface area (TPSA) is 59.3 Å². The number of ketones is 1.